The second-order valence-electron chi connectivity index (χ2n) is 4.22. The highest BCUT2D eigenvalue weighted by Crippen LogP contribution is 2.34. The molecule has 0 amide bonds. The van der Waals surface area contributed by atoms with Gasteiger partial charge in [-0.3, -0.25) is 0 Å². The van der Waals surface area contributed by atoms with Crippen LogP contribution in [0.3, 0.4) is 0 Å². The van der Waals surface area contributed by atoms with E-state index in [0.717, 1.165) is 29.8 Å². The van der Waals surface area contributed by atoms with E-state index in [2.05, 4.69) is 5.32 Å². The third kappa shape index (κ3) is 3.47. The zero-order chi connectivity index (χ0) is 13.8. The van der Waals surface area contributed by atoms with Crippen LogP contribution >= 0.6 is 23.2 Å². The minimum atomic E-state index is -0.353. The summed E-state index contributed by atoms with van der Waals surface area (Å²) in [7, 11) is 0. The van der Waals surface area contributed by atoms with Crippen molar-refractivity contribution in [2.24, 2.45) is 0 Å². The minimum Gasteiger partial charge on any atom is -0.313 e. The molecular weight excluding hydrogens is 284 g/mol. The highest BCUT2D eigenvalue weighted by atomic mass is 35.5. The van der Waals surface area contributed by atoms with Crippen molar-refractivity contribution in [1.82, 2.24) is 5.32 Å². The van der Waals surface area contributed by atoms with Crippen LogP contribution in [0.2, 0.25) is 10.0 Å². The van der Waals surface area contributed by atoms with Crippen LogP contribution in [-0.2, 0) is 6.54 Å². The Morgan fingerprint density at radius 2 is 1.63 bits per heavy atom. The van der Waals surface area contributed by atoms with Crippen molar-refractivity contribution < 1.29 is 4.39 Å². The molecule has 0 fully saturated rings. The normalized spacial score (nSPS) is 10.7. The summed E-state index contributed by atoms with van der Waals surface area (Å²) >= 11 is 12.3. The van der Waals surface area contributed by atoms with E-state index in [1.54, 1.807) is 6.07 Å². The monoisotopic (exact) mass is 297 g/mol. The topological polar surface area (TPSA) is 12.0 Å². The maximum atomic E-state index is 13.0. The Labute approximate surface area is 122 Å². The van der Waals surface area contributed by atoms with Crippen LogP contribution < -0.4 is 5.32 Å². The lowest BCUT2D eigenvalue weighted by molar-refractivity contribution is 0.628. The molecule has 2 aromatic rings. The van der Waals surface area contributed by atoms with Gasteiger partial charge in [-0.15, -0.1) is 0 Å². The molecule has 1 nitrogen and oxygen atoms in total. The molecule has 0 saturated carbocycles. The standard InChI is InChI=1S/C15H14Cl2FN/c1-2-19-9-10-3-5-12(14(16)7-10)13-6-4-11(18)8-15(13)17/h3-8,19H,2,9H2,1H3. The number of halogens is 3. The van der Waals surface area contributed by atoms with Crippen LogP contribution in [0.4, 0.5) is 4.39 Å². The SMILES string of the molecule is CCNCc1ccc(-c2ccc(F)cc2Cl)c(Cl)c1. The molecule has 0 atom stereocenters. The summed E-state index contributed by atoms with van der Waals surface area (Å²) in [6.07, 6.45) is 0. The molecule has 19 heavy (non-hydrogen) atoms. The van der Waals surface area contributed by atoms with Crippen molar-refractivity contribution in [2.45, 2.75) is 13.5 Å². The van der Waals surface area contributed by atoms with Gasteiger partial charge in [0, 0.05) is 22.7 Å². The fourth-order valence-corrected chi connectivity index (χ4v) is 2.44. The highest BCUT2D eigenvalue weighted by molar-refractivity contribution is 6.36. The number of benzene rings is 2. The molecule has 0 heterocycles. The third-order valence-electron chi connectivity index (χ3n) is 2.83. The van der Waals surface area contributed by atoms with E-state index in [0.29, 0.717) is 10.0 Å². The quantitative estimate of drug-likeness (QED) is 0.845. The summed E-state index contributed by atoms with van der Waals surface area (Å²) in [6, 6.07) is 10.1. The number of hydrogen-bond donors (Lipinski definition) is 1. The fourth-order valence-electron chi connectivity index (χ4n) is 1.86. The van der Waals surface area contributed by atoms with Crippen LogP contribution in [0.1, 0.15) is 12.5 Å². The molecule has 0 aliphatic carbocycles. The van der Waals surface area contributed by atoms with Crippen molar-refractivity contribution in [1.29, 1.82) is 0 Å². The van der Waals surface area contributed by atoms with Gasteiger partial charge in [0.15, 0.2) is 0 Å². The molecular formula is C15H14Cl2FN. The van der Waals surface area contributed by atoms with Gasteiger partial charge in [-0.25, -0.2) is 4.39 Å². The van der Waals surface area contributed by atoms with Crippen LogP contribution in [0, 0.1) is 5.82 Å². The Morgan fingerprint density at radius 1 is 1.00 bits per heavy atom. The number of hydrogen-bond acceptors (Lipinski definition) is 1. The Morgan fingerprint density at radius 3 is 2.21 bits per heavy atom. The molecule has 2 aromatic carbocycles. The van der Waals surface area contributed by atoms with E-state index in [1.165, 1.54) is 12.1 Å². The van der Waals surface area contributed by atoms with E-state index >= 15 is 0 Å². The molecule has 0 bridgehead atoms. The highest BCUT2D eigenvalue weighted by Gasteiger charge is 2.09. The van der Waals surface area contributed by atoms with Crippen molar-refractivity contribution in [3.8, 4) is 11.1 Å². The van der Waals surface area contributed by atoms with E-state index in [4.69, 9.17) is 23.2 Å². The lowest BCUT2D eigenvalue weighted by atomic mass is 10.0. The average molecular weight is 298 g/mol. The smallest absolute Gasteiger partial charge is 0.124 e. The molecule has 2 rings (SSSR count). The molecule has 0 unspecified atom stereocenters. The summed E-state index contributed by atoms with van der Waals surface area (Å²) < 4.78 is 13.0. The van der Waals surface area contributed by atoms with Gasteiger partial charge in [0.25, 0.3) is 0 Å². The summed E-state index contributed by atoms with van der Waals surface area (Å²) in [5, 5.41) is 4.21. The van der Waals surface area contributed by atoms with Crippen molar-refractivity contribution in [3.05, 3.63) is 57.8 Å². The zero-order valence-corrected chi connectivity index (χ0v) is 12.0. The second kappa shape index (κ2) is 6.38. The zero-order valence-electron chi connectivity index (χ0n) is 10.5. The van der Waals surface area contributed by atoms with Gasteiger partial charge in [-0.05, 0) is 36.4 Å². The average Bonchev–Trinajstić information content (AvgIpc) is 2.37. The summed E-state index contributed by atoms with van der Waals surface area (Å²) in [4.78, 5) is 0. The van der Waals surface area contributed by atoms with Crippen LogP contribution in [0.25, 0.3) is 11.1 Å². The first-order valence-corrected chi connectivity index (χ1v) is 6.82. The Kier molecular flexibility index (Phi) is 4.81. The van der Waals surface area contributed by atoms with Gasteiger partial charge >= 0.3 is 0 Å². The van der Waals surface area contributed by atoms with E-state index < -0.39 is 0 Å². The molecule has 0 radical (unpaired) electrons. The maximum Gasteiger partial charge on any atom is 0.124 e. The number of rotatable bonds is 4. The van der Waals surface area contributed by atoms with Gasteiger partial charge in [0.05, 0.1) is 5.02 Å². The Balaban J connectivity index is 2.35. The van der Waals surface area contributed by atoms with Crippen LogP contribution in [0.5, 0.6) is 0 Å². The van der Waals surface area contributed by atoms with E-state index in [9.17, 15) is 4.39 Å². The number of nitrogens with one attached hydrogen (secondary N) is 1. The molecule has 0 aliphatic rings. The van der Waals surface area contributed by atoms with E-state index in [-0.39, 0.29) is 5.82 Å². The molecule has 4 heteroatoms. The fraction of sp³-hybridized carbons (Fsp3) is 0.200. The van der Waals surface area contributed by atoms with E-state index in [1.807, 2.05) is 25.1 Å². The van der Waals surface area contributed by atoms with Gasteiger partial charge in [0.1, 0.15) is 5.82 Å². The molecule has 0 saturated heterocycles. The van der Waals surface area contributed by atoms with Gasteiger partial charge in [-0.2, -0.15) is 0 Å². The summed E-state index contributed by atoms with van der Waals surface area (Å²) in [6.45, 7) is 3.73. The van der Waals surface area contributed by atoms with Crippen molar-refractivity contribution in [3.63, 3.8) is 0 Å². The van der Waals surface area contributed by atoms with Crippen molar-refractivity contribution >= 4 is 23.2 Å². The minimum absolute atomic E-state index is 0.353. The maximum absolute atomic E-state index is 13.0. The lowest BCUT2D eigenvalue weighted by Crippen LogP contribution is -2.11. The van der Waals surface area contributed by atoms with Crippen LogP contribution in [0.15, 0.2) is 36.4 Å². The largest absolute Gasteiger partial charge is 0.313 e. The second-order valence-corrected chi connectivity index (χ2v) is 5.03. The first-order valence-electron chi connectivity index (χ1n) is 6.06. The van der Waals surface area contributed by atoms with Gasteiger partial charge in [0.2, 0.25) is 0 Å². The first kappa shape index (κ1) is 14.3. The van der Waals surface area contributed by atoms with Crippen molar-refractivity contribution in [2.75, 3.05) is 6.54 Å². The van der Waals surface area contributed by atoms with Crippen LogP contribution in [-0.4, -0.2) is 6.54 Å². The first-order chi connectivity index (χ1) is 9.11. The Hall–Kier alpha value is -1.09. The predicted molar refractivity (Wildman–Crippen MR) is 79.2 cm³/mol. The molecule has 100 valence electrons. The Bertz CT molecular complexity index is 584. The molecule has 1 N–H and O–H groups in total. The van der Waals surface area contributed by atoms with Gasteiger partial charge in [-0.1, -0.05) is 42.3 Å². The molecule has 0 aromatic heterocycles. The predicted octanol–water partition coefficient (Wildman–Crippen LogP) is 4.91. The summed E-state index contributed by atoms with van der Waals surface area (Å²) in [5.74, 6) is -0.353. The van der Waals surface area contributed by atoms with Gasteiger partial charge < -0.3 is 5.32 Å². The molecule has 0 aliphatic heterocycles. The molecule has 0 spiro atoms. The third-order valence-corrected chi connectivity index (χ3v) is 3.46. The summed E-state index contributed by atoms with van der Waals surface area (Å²) in [5.41, 5.74) is 2.66. The lowest BCUT2D eigenvalue weighted by Gasteiger charge is -2.09.